The van der Waals surface area contributed by atoms with E-state index in [-0.39, 0.29) is 34.5 Å². The molecule has 0 saturated carbocycles. The summed E-state index contributed by atoms with van der Waals surface area (Å²) in [5, 5.41) is 2.21. The van der Waals surface area contributed by atoms with Crippen LogP contribution in [0.4, 0.5) is 11.6 Å². The van der Waals surface area contributed by atoms with Gasteiger partial charge in [0.15, 0.2) is 10.3 Å². The van der Waals surface area contributed by atoms with Crippen molar-refractivity contribution in [2.75, 3.05) is 51.4 Å². The lowest BCUT2D eigenvalue weighted by atomic mass is 10.0. The van der Waals surface area contributed by atoms with Crippen molar-refractivity contribution in [3.05, 3.63) is 83.2 Å². The zero-order valence-electron chi connectivity index (χ0n) is 26.4. The van der Waals surface area contributed by atoms with Gasteiger partial charge in [0.25, 0.3) is 5.91 Å². The second-order valence-corrected chi connectivity index (χ2v) is 11.2. The number of nitrogen functional groups attached to an aromatic ring is 2. The molecule has 2 aromatic heterocycles. The van der Waals surface area contributed by atoms with Crippen LogP contribution < -0.4 is 20.9 Å². The number of carbonyl (C=O) groups excluding carboxylic acids is 2. The lowest BCUT2D eigenvalue weighted by Crippen LogP contribution is -2.26. The monoisotopic (exact) mass is 653 g/mol. The predicted molar refractivity (Wildman–Crippen MR) is 179 cm³/mol. The molecule has 45 heavy (non-hydrogen) atoms. The Kier molecular flexibility index (Phi) is 15.6. The van der Waals surface area contributed by atoms with Crippen molar-refractivity contribution < 1.29 is 23.9 Å². The number of nitrogens with two attached hydrogens (primary N) is 2. The fraction of sp³-hybridized carbons (Fsp3) is 0.290. The molecular weight excluding hydrogens is 615 g/mol. The third-order valence-corrected chi connectivity index (χ3v) is 7.33. The van der Waals surface area contributed by atoms with Gasteiger partial charge in [0.1, 0.15) is 28.7 Å². The van der Waals surface area contributed by atoms with Gasteiger partial charge in [-0.3, -0.25) is 14.4 Å². The average Bonchev–Trinajstić information content (AvgIpc) is 3.05. The zero-order valence-corrected chi connectivity index (χ0v) is 28.1. The van der Waals surface area contributed by atoms with Crippen molar-refractivity contribution in [3.63, 3.8) is 0 Å². The standard InChI is InChI=1S/C14H15N3O2S.C9H14N4O2S.C8H10O/c1-3-20-14-16-8-10(13(15)17-14)12(18)9-6-4-5-7-11(9)19-2;1-4-16-9-11-5-6(7(10)12-9)8(14)13(2)15-3;1-7-5-3-4-6-8(7)9-2/h4-8H,3H2,1-2H3,(H2,15,16,17);5H,4H2,1-3H3,(H2,10,11,12);3-6H,1-2H3. The number of methoxy groups -OCH3 is 2. The van der Waals surface area contributed by atoms with E-state index < -0.39 is 0 Å². The third kappa shape index (κ3) is 10.9. The van der Waals surface area contributed by atoms with Crippen LogP contribution in [0.3, 0.4) is 0 Å². The van der Waals surface area contributed by atoms with Gasteiger partial charge >= 0.3 is 0 Å². The lowest BCUT2D eigenvalue weighted by molar-refractivity contribution is -0.0756. The Hall–Kier alpha value is -4.40. The summed E-state index contributed by atoms with van der Waals surface area (Å²) in [5.74, 6) is 2.90. The second kappa shape index (κ2) is 19.1. The van der Waals surface area contributed by atoms with Crippen LogP contribution in [0, 0.1) is 6.92 Å². The molecule has 2 aromatic carbocycles. The first-order chi connectivity index (χ1) is 21.6. The highest BCUT2D eigenvalue weighted by Gasteiger charge is 2.19. The van der Waals surface area contributed by atoms with Gasteiger partial charge in [-0.1, -0.05) is 67.7 Å². The fourth-order valence-electron chi connectivity index (χ4n) is 3.51. The first-order valence-corrected chi connectivity index (χ1v) is 15.7. The number of nitrogens with zero attached hydrogens (tertiary/aromatic N) is 5. The van der Waals surface area contributed by atoms with Crippen LogP contribution in [0.5, 0.6) is 11.5 Å². The summed E-state index contributed by atoms with van der Waals surface area (Å²) in [6.45, 7) is 6.01. The summed E-state index contributed by atoms with van der Waals surface area (Å²) < 4.78 is 10.2. The second-order valence-electron chi connectivity index (χ2n) is 8.75. The Morgan fingerprint density at radius 2 is 1.24 bits per heavy atom. The van der Waals surface area contributed by atoms with E-state index in [0.717, 1.165) is 22.3 Å². The molecule has 0 aliphatic carbocycles. The van der Waals surface area contributed by atoms with Gasteiger partial charge in [-0.15, -0.1) is 0 Å². The minimum atomic E-state index is -0.368. The summed E-state index contributed by atoms with van der Waals surface area (Å²) in [6, 6.07) is 14.9. The maximum Gasteiger partial charge on any atom is 0.282 e. The Morgan fingerprint density at radius 1 is 0.756 bits per heavy atom. The summed E-state index contributed by atoms with van der Waals surface area (Å²) in [6.07, 6.45) is 2.88. The van der Waals surface area contributed by atoms with Crippen LogP contribution in [-0.2, 0) is 4.84 Å². The van der Waals surface area contributed by atoms with Gasteiger partial charge in [-0.05, 0) is 42.2 Å². The van der Waals surface area contributed by atoms with Crippen molar-refractivity contribution in [1.29, 1.82) is 0 Å². The number of hydrogen-bond donors (Lipinski definition) is 2. The van der Waals surface area contributed by atoms with Gasteiger partial charge in [0, 0.05) is 19.4 Å². The molecule has 4 aromatic rings. The molecule has 0 unspecified atom stereocenters. The van der Waals surface area contributed by atoms with Crippen molar-refractivity contribution in [2.24, 2.45) is 0 Å². The van der Waals surface area contributed by atoms with Crippen LogP contribution in [-0.4, -0.2) is 76.6 Å². The van der Waals surface area contributed by atoms with Crippen molar-refractivity contribution in [1.82, 2.24) is 25.0 Å². The van der Waals surface area contributed by atoms with Crippen LogP contribution in [0.25, 0.3) is 0 Å². The highest BCUT2D eigenvalue weighted by molar-refractivity contribution is 7.99. The van der Waals surface area contributed by atoms with Crippen molar-refractivity contribution in [3.8, 4) is 11.5 Å². The van der Waals surface area contributed by atoms with E-state index in [1.165, 1.54) is 62.7 Å². The smallest absolute Gasteiger partial charge is 0.282 e. The first-order valence-electron chi connectivity index (χ1n) is 13.7. The van der Waals surface area contributed by atoms with Crippen LogP contribution in [0.15, 0.2) is 71.2 Å². The van der Waals surface area contributed by atoms with Gasteiger partial charge in [-0.2, -0.15) is 0 Å². The quantitative estimate of drug-likeness (QED) is 0.0990. The summed E-state index contributed by atoms with van der Waals surface area (Å²) in [4.78, 5) is 45.3. The molecule has 2 heterocycles. The molecule has 4 N–H and O–H groups in total. The van der Waals surface area contributed by atoms with Gasteiger partial charge in [0.05, 0.1) is 32.5 Å². The Bertz CT molecular complexity index is 1560. The minimum absolute atomic E-state index is 0.167. The fourth-order valence-corrected chi connectivity index (χ4v) is 4.61. The summed E-state index contributed by atoms with van der Waals surface area (Å²) >= 11 is 2.94. The minimum Gasteiger partial charge on any atom is -0.496 e. The van der Waals surface area contributed by atoms with E-state index in [1.54, 1.807) is 31.4 Å². The van der Waals surface area contributed by atoms with Crippen LogP contribution in [0.1, 0.15) is 45.7 Å². The molecule has 0 atom stereocenters. The van der Waals surface area contributed by atoms with E-state index in [2.05, 4.69) is 19.9 Å². The first kappa shape index (κ1) is 36.8. The predicted octanol–water partition coefficient (Wildman–Crippen LogP) is 5.22. The number of aromatic nitrogens is 4. The third-order valence-electron chi connectivity index (χ3n) is 5.84. The Morgan fingerprint density at radius 3 is 1.69 bits per heavy atom. The van der Waals surface area contributed by atoms with Crippen molar-refractivity contribution in [2.45, 2.75) is 31.1 Å². The van der Waals surface area contributed by atoms with E-state index in [9.17, 15) is 9.59 Å². The lowest BCUT2D eigenvalue weighted by Gasteiger charge is -2.14. The highest BCUT2D eigenvalue weighted by atomic mass is 32.2. The number of carbonyl (C=O) groups is 2. The normalized spacial score (nSPS) is 10.0. The van der Waals surface area contributed by atoms with Crippen LogP contribution >= 0.6 is 23.5 Å². The number of ether oxygens (including phenoxy) is 2. The maximum atomic E-state index is 12.5. The van der Waals surface area contributed by atoms with Gasteiger partial charge in [0.2, 0.25) is 5.78 Å². The molecule has 0 radical (unpaired) electrons. The van der Waals surface area contributed by atoms with Gasteiger partial charge < -0.3 is 20.9 Å². The molecule has 12 nitrogen and oxygen atoms in total. The molecule has 1 amide bonds. The molecular formula is C31H39N7O5S2. The average molecular weight is 654 g/mol. The number of hydrogen-bond acceptors (Lipinski definition) is 13. The number of hydroxylamine groups is 2. The number of amides is 1. The summed E-state index contributed by atoms with van der Waals surface area (Å²) in [5.41, 5.74) is 13.7. The zero-order chi connectivity index (χ0) is 33.4. The molecule has 0 aliphatic rings. The number of anilines is 2. The highest BCUT2D eigenvalue weighted by Crippen LogP contribution is 2.24. The molecule has 4 rings (SSSR count). The number of ketones is 1. The number of benzene rings is 2. The Labute approximate surface area is 272 Å². The Balaban J connectivity index is 0.000000252. The van der Waals surface area contributed by atoms with E-state index >= 15 is 0 Å². The van der Waals surface area contributed by atoms with E-state index in [0.29, 0.717) is 21.6 Å². The molecule has 0 aliphatic heterocycles. The van der Waals surface area contributed by atoms with Crippen LogP contribution in [0.2, 0.25) is 0 Å². The molecule has 0 spiro atoms. The maximum absolute atomic E-state index is 12.5. The van der Waals surface area contributed by atoms with E-state index in [4.69, 9.17) is 25.8 Å². The topological polar surface area (TPSA) is 169 Å². The number of para-hydroxylation sites is 2. The molecule has 240 valence electrons. The number of aryl methyl sites for hydroxylation is 1. The van der Waals surface area contributed by atoms with Crippen molar-refractivity contribution >= 4 is 46.8 Å². The number of thioether (sulfide) groups is 2. The molecule has 0 fully saturated rings. The molecule has 0 saturated heterocycles. The summed E-state index contributed by atoms with van der Waals surface area (Å²) in [7, 11) is 6.10. The number of rotatable bonds is 10. The SMILES string of the molecule is CCSc1ncc(C(=O)N(C)OC)c(N)n1.CCSc1ncc(C(=O)c2ccccc2OC)c(N)n1.COc1ccccc1C. The van der Waals surface area contributed by atoms with E-state index in [1.807, 2.05) is 45.0 Å². The van der Waals surface area contributed by atoms with Gasteiger partial charge in [-0.25, -0.2) is 25.0 Å². The molecule has 14 heteroatoms. The molecule has 0 bridgehead atoms. The largest absolute Gasteiger partial charge is 0.496 e.